The van der Waals surface area contributed by atoms with Crippen molar-refractivity contribution in [1.29, 1.82) is 0 Å². The molecule has 0 spiro atoms. The Bertz CT molecular complexity index is 555. The van der Waals surface area contributed by atoms with Crippen LogP contribution in [-0.4, -0.2) is 12.5 Å². The normalized spacial score (nSPS) is 18.3. The third kappa shape index (κ3) is 3.27. The minimum absolute atomic E-state index is 0.0306. The van der Waals surface area contributed by atoms with Gasteiger partial charge in [-0.05, 0) is 43.0 Å². The van der Waals surface area contributed by atoms with Gasteiger partial charge < -0.3 is 15.8 Å². The van der Waals surface area contributed by atoms with Gasteiger partial charge in [-0.15, -0.1) is 0 Å². The van der Waals surface area contributed by atoms with Crippen LogP contribution in [0, 0.1) is 13.8 Å². The maximum atomic E-state index is 11.8. The average Bonchev–Trinajstić information content (AvgIpc) is 2.51. The van der Waals surface area contributed by atoms with Crippen LogP contribution in [0.2, 0.25) is 0 Å². The van der Waals surface area contributed by atoms with Crippen molar-refractivity contribution in [2.24, 2.45) is 5.73 Å². The molecule has 4 nitrogen and oxygen atoms in total. The monoisotopic (exact) mass is 304 g/mol. The molecule has 2 rings (SSSR count). The molecule has 1 amide bonds. The molecule has 2 atom stereocenters. The van der Waals surface area contributed by atoms with Crippen LogP contribution in [0.3, 0.4) is 0 Å². The highest BCUT2D eigenvalue weighted by Crippen LogP contribution is 2.39. The van der Waals surface area contributed by atoms with Crippen molar-refractivity contribution in [2.75, 3.05) is 6.61 Å². The van der Waals surface area contributed by atoms with Gasteiger partial charge in [-0.1, -0.05) is 20.3 Å². The summed E-state index contributed by atoms with van der Waals surface area (Å²) < 4.78 is 5.88. The van der Waals surface area contributed by atoms with E-state index < -0.39 is 0 Å². The van der Waals surface area contributed by atoms with Crippen molar-refractivity contribution in [3.8, 4) is 5.75 Å². The molecule has 1 aromatic carbocycles. The second kappa shape index (κ2) is 7.14. The molecule has 1 aliphatic rings. The van der Waals surface area contributed by atoms with Crippen molar-refractivity contribution >= 4 is 5.91 Å². The predicted octanol–water partition coefficient (Wildman–Crippen LogP) is 3.45. The maximum absolute atomic E-state index is 11.8. The van der Waals surface area contributed by atoms with Crippen molar-refractivity contribution in [3.05, 3.63) is 28.3 Å². The van der Waals surface area contributed by atoms with E-state index in [4.69, 9.17) is 10.5 Å². The third-order valence-electron chi connectivity index (χ3n) is 4.59. The SMILES string of the molecule is CCCC(N)c1cc2c(c(C)c1C)OCCC2NC(=O)CC. The van der Waals surface area contributed by atoms with E-state index in [1.807, 2.05) is 6.92 Å². The Morgan fingerprint density at radius 1 is 1.41 bits per heavy atom. The number of fused-ring (bicyclic) bond motifs is 1. The van der Waals surface area contributed by atoms with E-state index in [1.54, 1.807) is 0 Å². The maximum Gasteiger partial charge on any atom is 0.220 e. The number of nitrogens with one attached hydrogen (secondary N) is 1. The van der Waals surface area contributed by atoms with Gasteiger partial charge in [0, 0.05) is 24.4 Å². The summed E-state index contributed by atoms with van der Waals surface area (Å²) in [6.45, 7) is 8.85. The number of nitrogens with two attached hydrogens (primary N) is 1. The lowest BCUT2D eigenvalue weighted by Gasteiger charge is -2.30. The van der Waals surface area contributed by atoms with Crippen LogP contribution in [0.25, 0.3) is 0 Å². The second-order valence-corrected chi connectivity index (χ2v) is 6.14. The van der Waals surface area contributed by atoms with Gasteiger partial charge in [0.1, 0.15) is 5.75 Å². The summed E-state index contributed by atoms with van der Waals surface area (Å²) in [4.78, 5) is 11.8. The number of rotatable bonds is 5. The third-order valence-corrected chi connectivity index (χ3v) is 4.59. The molecule has 0 saturated heterocycles. The average molecular weight is 304 g/mol. The molecule has 22 heavy (non-hydrogen) atoms. The highest BCUT2D eigenvalue weighted by atomic mass is 16.5. The Morgan fingerprint density at radius 3 is 2.77 bits per heavy atom. The molecule has 0 radical (unpaired) electrons. The number of amides is 1. The molecule has 3 N–H and O–H groups in total. The summed E-state index contributed by atoms with van der Waals surface area (Å²) in [5.41, 5.74) is 11.0. The largest absolute Gasteiger partial charge is 0.493 e. The van der Waals surface area contributed by atoms with Crippen LogP contribution in [0.15, 0.2) is 6.07 Å². The molecule has 122 valence electrons. The fourth-order valence-electron chi connectivity index (χ4n) is 3.13. The summed E-state index contributed by atoms with van der Waals surface area (Å²) >= 11 is 0. The van der Waals surface area contributed by atoms with E-state index >= 15 is 0 Å². The highest BCUT2D eigenvalue weighted by Gasteiger charge is 2.27. The number of carbonyl (C=O) groups excluding carboxylic acids is 1. The lowest BCUT2D eigenvalue weighted by atomic mass is 9.88. The quantitative estimate of drug-likeness (QED) is 0.875. The summed E-state index contributed by atoms with van der Waals surface area (Å²) in [5.74, 6) is 1.01. The van der Waals surface area contributed by atoms with Gasteiger partial charge in [0.15, 0.2) is 0 Å². The van der Waals surface area contributed by atoms with E-state index in [-0.39, 0.29) is 18.0 Å². The highest BCUT2D eigenvalue weighted by molar-refractivity contribution is 5.76. The zero-order chi connectivity index (χ0) is 16.3. The van der Waals surface area contributed by atoms with Crippen LogP contribution in [0.5, 0.6) is 5.75 Å². The molecule has 0 aliphatic carbocycles. The number of hydrogen-bond donors (Lipinski definition) is 2. The number of ether oxygens (including phenoxy) is 1. The fraction of sp³-hybridized carbons (Fsp3) is 0.611. The van der Waals surface area contributed by atoms with Crippen LogP contribution >= 0.6 is 0 Å². The topological polar surface area (TPSA) is 64.3 Å². The molecule has 2 unspecified atom stereocenters. The molecule has 1 heterocycles. The molecule has 0 bridgehead atoms. The minimum atomic E-state index is 0.0306. The molecule has 0 aromatic heterocycles. The zero-order valence-electron chi connectivity index (χ0n) is 14.2. The molecule has 1 aliphatic heterocycles. The second-order valence-electron chi connectivity index (χ2n) is 6.14. The van der Waals surface area contributed by atoms with Gasteiger partial charge in [-0.25, -0.2) is 0 Å². The van der Waals surface area contributed by atoms with Gasteiger partial charge in [0.05, 0.1) is 12.6 Å². The summed E-state index contributed by atoms with van der Waals surface area (Å²) in [5, 5.41) is 3.11. The van der Waals surface area contributed by atoms with Gasteiger partial charge in [0.2, 0.25) is 5.91 Å². The molecular weight excluding hydrogens is 276 g/mol. The van der Waals surface area contributed by atoms with E-state index in [0.29, 0.717) is 13.0 Å². The molecule has 4 heteroatoms. The van der Waals surface area contributed by atoms with Crippen molar-refractivity contribution in [2.45, 2.75) is 65.5 Å². The zero-order valence-corrected chi connectivity index (χ0v) is 14.2. The van der Waals surface area contributed by atoms with Crippen LogP contribution < -0.4 is 15.8 Å². The fourth-order valence-corrected chi connectivity index (χ4v) is 3.13. The van der Waals surface area contributed by atoms with E-state index in [2.05, 4.69) is 32.2 Å². The standard InChI is InChI=1S/C18H28N2O2/c1-5-7-15(19)13-10-14-16(20-17(21)6-2)8-9-22-18(14)12(4)11(13)3/h10,15-16H,5-9,19H2,1-4H3,(H,20,21). The van der Waals surface area contributed by atoms with E-state index in [1.165, 1.54) is 11.1 Å². The van der Waals surface area contributed by atoms with Crippen LogP contribution in [0.1, 0.15) is 73.9 Å². The number of hydrogen-bond acceptors (Lipinski definition) is 3. The van der Waals surface area contributed by atoms with Gasteiger partial charge in [-0.2, -0.15) is 0 Å². The first-order valence-electron chi connectivity index (χ1n) is 8.31. The first-order valence-corrected chi connectivity index (χ1v) is 8.31. The van der Waals surface area contributed by atoms with Gasteiger partial charge in [-0.3, -0.25) is 4.79 Å². The summed E-state index contributed by atoms with van der Waals surface area (Å²) in [6.07, 6.45) is 3.33. The number of carbonyl (C=O) groups is 1. The smallest absolute Gasteiger partial charge is 0.220 e. The van der Waals surface area contributed by atoms with Crippen molar-refractivity contribution < 1.29 is 9.53 Å². The molecular formula is C18H28N2O2. The van der Waals surface area contributed by atoms with Gasteiger partial charge >= 0.3 is 0 Å². The summed E-state index contributed by atoms with van der Waals surface area (Å²) in [7, 11) is 0. The Labute approximate surface area is 133 Å². The minimum Gasteiger partial charge on any atom is -0.493 e. The van der Waals surface area contributed by atoms with E-state index in [9.17, 15) is 4.79 Å². The van der Waals surface area contributed by atoms with Gasteiger partial charge in [0.25, 0.3) is 0 Å². The first kappa shape index (κ1) is 16.8. The lowest BCUT2D eigenvalue weighted by molar-refractivity contribution is -0.121. The van der Waals surface area contributed by atoms with Crippen molar-refractivity contribution in [1.82, 2.24) is 5.32 Å². The van der Waals surface area contributed by atoms with Crippen LogP contribution in [0.4, 0.5) is 0 Å². The van der Waals surface area contributed by atoms with Crippen LogP contribution in [-0.2, 0) is 4.79 Å². The predicted molar refractivity (Wildman–Crippen MR) is 89.0 cm³/mol. The molecule has 0 fully saturated rings. The Morgan fingerprint density at radius 2 is 2.14 bits per heavy atom. The van der Waals surface area contributed by atoms with Crippen molar-refractivity contribution in [3.63, 3.8) is 0 Å². The Kier molecular flexibility index (Phi) is 5.46. The van der Waals surface area contributed by atoms with E-state index in [0.717, 1.165) is 36.1 Å². The number of benzene rings is 1. The summed E-state index contributed by atoms with van der Waals surface area (Å²) in [6, 6.07) is 2.22. The molecule has 0 saturated carbocycles. The Hall–Kier alpha value is -1.55. The first-order chi connectivity index (χ1) is 10.5. The molecule has 1 aromatic rings. The lowest BCUT2D eigenvalue weighted by Crippen LogP contribution is -2.32. The Balaban J connectivity index is 2.43.